The minimum absolute atomic E-state index is 0.0526. The fourth-order valence-corrected chi connectivity index (χ4v) is 1.22. The Morgan fingerprint density at radius 3 is 2.57 bits per heavy atom. The van der Waals surface area contributed by atoms with E-state index in [4.69, 9.17) is 27.8 Å². The Bertz CT molecular complexity index is 390. The first-order valence-corrected chi connectivity index (χ1v) is 4.18. The minimum Gasteiger partial charge on any atom is -0.497 e. The van der Waals surface area contributed by atoms with Gasteiger partial charge in [0.1, 0.15) is 10.7 Å². The summed E-state index contributed by atoms with van der Waals surface area (Å²) in [6.45, 7) is 0. The second-order valence-electron chi connectivity index (χ2n) is 2.58. The number of methoxy groups -OCH3 is 1. The molecule has 0 aliphatic carbocycles. The molecular weight excluding hydrogens is 202 g/mol. The predicted octanol–water partition coefficient (Wildman–Crippen LogP) is 1.03. The van der Waals surface area contributed by atoms with Gasteiger partial charge in [-0.15, -0.1) is 0 Å². The van der Waals surface area contributed by atoms with Crippen LogP contribution in [0.4, 0.5) is 0 Å². The van der Waals surface area contributed by atoms with Gasteiger partial charge in [0.25, 0.3) is 0 Å². The number of carboxylic acid groups (broad SMARTS) is 1. The van der Waals surface area contributed by atoms with E-state index in [1.165, 1.54) is 19.2 Å². The highest BCUT2D eigenvalue weighted by Gasteiger charge is 2.12. The second kappa shape index (κ2) is 4.06. The van der Waals surface area contributed by atoms with Crippen LogP contribution in [0.5, 0.6) is 5.75 Å². The molecule has 0 unspecified atom stereocenters. The van der Waals surface area contributed by atoms with E-state index in [1.54, 1.807) is 6.07 Å². The van der Waals surface area contributed by atoms with Crippen molar-refractivity contribution in [3.8, 4) is 5.75 Å². The number of carboxylic acids is 1. The molecule has 0 heterocycles. The third-order valence-corrected chi connectivity index (χ3v) is 1.94. The third-order valence-electron chi connectivity index (χ3n) is 1.72. The van der Waals surface area contributed by atoms with E-state index in [9.17, 15) is 4.79 Å². The fourth-order valence-electron chi connectivity index (χ4n) is 1.04. The molecule has 0 saturated heterocycles. The van der Waals surface area contributed by atoms with Crippen LogP contribution in [0.15, 0.2) is 18.2 Å². The van der Waals surface area contributed by atoms with E-state index >= 15 is 0 Å². The molecule has 0 atom stereocenters. The van der Waals surface area contributed by atoms with Crippen LogP contribution in [0.3, 0.4) is 0 Å². The van der Waals surface area contributed by atoms with Crippen molar-refractivity contribution >= 4 is 23.2 Å². The largest absolute Gasteiger partial charge is 0.497 e. The maximum absolute atomic E-state index is 10.8. The van der Waals surface area contributed by atoms with Crippen LogP contribution in [0.25, 0.3) is 0 Å². The number of thiocarbonyl (C=S) groups is 1. The number of carbonyl (C=O) groups is 1. The Hall–Kier alpha value is -1.62. The highest BCUT2D eigenvalue weighted by atomic mass is 32.1. The third kappa shape index (κ3) is 2.00. The van der Waals surface area contributed by atoms with Crippen LogP contribution in [-0.2, 0) is 0 Å². The summed E-state index contributed by atoms with van der Waals surface area (Å²) in [5.74, 6) is -0.617. The van der Waals surface area contributed by atoms with Gasteiger partial charge in [0, 0.05) is 5.56 Å². The average molecular weight is 211 g/mol. The van der Waals surface area contributed by atoms with Gasteiger partial charge in [0.15, 0.2) is 0 Å². The highest BCUT2D eigenvalue weighted by Crippen LogP contribution is 2.17. The molecule has 14 heavy (non-hydrogen) atoms. The lowest BCUT2D eigenvalue weighted by atomic mass is 10.1. The van der Waals surface area contributed by atoms with Crippen molar-refractivity contribution in [1.29, 1.82) is 0 Å². The molecule has 0 saturated carbocycles. The molecule has 74 valence electrons. The molecule has 0 radical (unpaired) electrons. The Morgan fingerprint density at radius 2 is 2.14 bits per heavy atom. The van der Waals surface area contributed by atoms with Gasteiger partial charge < -0.3 is 15.6 Å². The number of benzene rings is 1. The maximum Gasteiger partial charge on any atom is 0.336 e. The number of hydrogen-bond donors (Lipinski definition) is 2. The Labute approximate surface area is 86.3 Å². The molecule has 0 aromatic heterocycles. The zero-order chi connectivity index (χ0) is 10.7. The van der Waals surface area contributed by atoms with E-state index in [2.05, 4.69) is 0 Å². The Balaban J connectivity index is 3.31. The van der Waals surface area contributed by atoms with Crippen LogP contribution < -0.4 is 10.5 Å². The van der Waals surface area contributed by atoms with Crippen molar-refractivity contribution in [3.63, 3.8) is 0 Å². The van der Waals surface area contributed by atoms with Gasteiger partial charge in [-0.05, 0) is 18.2 Å². The van der Waals surface area contributed by atoms with Crippen LogP contribution in [-0.4, -0.2) is 23.2 Å². The molecule has 0 aliphatic heterocycles. The molecule has 3 N–H and O–H groups in total. The summed E-state index contributed by atoms with van der Waals surface area (Å²) in [5, 5.41) is 8.86. The summed E-state index contributed by atoms with van der Waals surface area (Å²) in [5.41, 5.74) is 5.76. The summed E-state index contributed by atoms with van der Waals surface area (Å²) in [6, 6.07) is 4.53. The average Bonchev–Trinajstić information content (AvgIpc) is 2.16. The van der Waals surface area contributed by atoms with Crippen molar-refractivity contribution in [1.82, 2.24) is 0 Å². The Kier molecular flexibility index (Phi) is 3.03. The van der Waals surface area contributed by atoms with Crippen molar-refractivity contribution in [3.05, 3.63) is 29.3 Å². The number of aromatic carboxylic acids is 1. The van der Waals surface area contributed by atoms with Gasteiger partial charge in [-0.3, -0.25) is 0 Å². The number of rotatable bonds is 3. The van der Waals surface area contributed by atoms with Gasteiger partial charge in [0.2, 0.25) is 0 Å². The molecule has 0 aliphatic rings. The molecule has 5 heteroatoms. The molecule has 1 aromatic rings. The molecular formula is C9H9NO3S. The van der Waals surface area contributed by atoms with Crippen molar-refractivity contribution < 1.29 is 14.6 Å². The summed E-state index contributed by atoms with van der Waals surface area (Å²) >= 11 is 4.72. The van der Waals surface area contributed by atoms with Gasteiger partial charge >= 0.3 is 5.97 Å². The Morgan fingerprint density at radius 1 is 1.50 bits per heavy atom. The van der Waals surface area contributed by atoms with Crippen LogP contribution in [0, 0.1) is 0 Å². The molecule has 4 nitrogen and oxygen atoms in total. The predicted molar refractivity (Wildman–Crippen MR) is 55.8 cm³/mol. The summed E-state index contributed by atoms with van der Waals surface area (Å²) in [7, 11) is 1.46. The van der Waals surface area contributed by atoms with Gasteiger partial charge in [-0.1, -0.05) is 12.2 Å². The van der Waals surface area contributed by atoms with Gasteiger partial charge in [-0.2, -0.15) is 0 Å². The first kappa shape index (κ1) is 10.5. The lowest BCUT2D eigenvalue weighted by molar-refractivity contribution is 0.0696. The van der Waals surface area contributed by atoms with Crippen LogP contribution in [0.2, 0.25) is 0 Å². The monoisotopic (exact) mass is 211 g/mol. The molecule has 0 spiro atoms. The SMILES string of the molecule is COc1ccc(C(N)=S)c(C(=O)O)c1. The standard InChI is InChI=1S/C9H9NO3S/c1-13-5-2-3-6(8(10)14)7(4-5)9(11)12/h2-4H,1H3,(H2,10,14)(H,11,12). The smallest absolute Gasteiger partial charge is 0.336 e. The van der Waals surface area contributed by atoms with Crippen molar-refractivity contribution in [2.24, 2.45) is 5.73 Å². The highest BCUT2D eigenvalue weighted by molar-refractivity contribution is 7.80. The van der Waals surface area contributed by atoms with Gasteiger partial charge in [0.05, 0.1) is 12.7 Å². The minimum atomic E-state index is -1.08. The van der Waals surface area contributed by atoms with E-state index in [-0.39, 0.29) is 10.6 Å². The maximum atomic E-state index is 10.8. The van der Waals surface area contributed by atoms with Crippen LogP contribution >= 0.6 is 12.2 Å². The van der Waals surface area contributed by atoms with E-state index in [0.717, 1.165) is 0 Å². The fraction of sp³-hybridized carbons (Fsp3) is 0.111. The number of ether oxygens (including phenoxy) is 1. The van der Waals surface area contributed by atoms with Crippen molar-refractivity contribution in [2.75, 3.05) is 7.11 Å². The molecule has 0 fully saturated rings. The second-order valence-corrected chi connectivity index (χ2v) is 3.02. The lowest BCUT2D eigenvalue weighted by Crippen LogP contribution is -2.15. The lowest BCUT2D eigenvalue weighted by Gasteiger charge is -2.06. The number of hydrogen-bond acceptors (Lipinski definition) is 3. The molecule has 1 rings (SSSR count). The molecule has 0 amide bonds. The van der Waals surface area contributed by atoms with Crippen molar-refractivity contribution in [2.45, 2.75) is 0 Å². The number of nitrogens with two attached hydrogens (primary N) is 1. The zero-order valence-corrected chi connectivity index (χ0v) is 8.30. The first-order valence-electron chi connectivity index (χ1n) is 3.77. The van der Waals surface area contributed by atoms with Crippen LogP contribution in [0.1, 0.15) is 15.9 Å². The topological polar surface area (TPSA) is 72.5 Å². The van der Waals surface area contributed by atoms with Gasteiger partial charge in [-0.25, -0.2) is 4.79 Å². The molecule has 1 aromatic carbocycles. The van der Waals surface area contributed by atoms with E-state index in [0.29, 0.717) is 11.3 Å². The van der Waals surface area contributed by atoms with E-state index < -0.39 is 5.97 Å². The summed E-state index contributed by atoms with van der Waals surface area (Å²) in [6.07, 6.45) is 0. The quantitative estimate of drug-likeness (QED) is 0.730. The van der Waals surface area contributed by atoms with E-state index in [1.807, 2.05) is 0 Å². The zero-order valence-electron chi connectivity index (χ0n) is 7.48. The summed E-state index contributed by atoms with van der Waals surface area (Å²) < 4.78 is 4.89. The first-order chi connectivity index (χ1) is 6.56. The normalized spacial score (nSPS) is 9.50. The summed E-state index contributed by atoms with van der Waals surface area (Å²) in [4.78, 5) is 10.9. The molecule has 0 bridgehead atoms.